The van der Waals surface area contributed by atoms with Crippen molar-refractivity contribution in [2.24, 2.45) is 11.1 Å². The van der Waals surface area contributed by atoms with E-state index < -0.39 is 16.9 Å². The van der Waals surface area contributed by atoms with Crippen molar-refractivity contribution in [3.63, 3.8) is 0 Å². The molecule has 110 valence electrons. The molecule has 0 unspecified atom stereocenters. The van der Waals surface area contributed by atoms with Crippen LogP contribution in [-0.4, -0.2) is 22.5 Å². The van der Waals surface area contributed by atoms with E-state index in [4.69, 9.17) is 10.8 Å². The number of hydrogen-bond acceptors (Lipinski definition) is 3. The Labute approximate surface area is 126 Å². The SMILES string of the molecule is CC(C)(N)C(C)(C)C(=O)Nc1cc(Br)cc(C(=O)O)c1. The van der Waals surface area contributed by atoms with Gasteiger partial charge in [-0.1, -0.05) is 15.9 Å². The lowest BCUT2D eigenvalue weighted by molar-refractivity contribution is -0.126. The van der Waals surface area contributed by atoms with Crippen LogP contribution >= 0.6 is 15.9 Å². The first-order valence-electron chi connectivity index (χ1n) is 6.09. The van der Waals surface area contributed by atoms with Gasteiger partial charge in [0.1, 0.15) is 0 Å². The highest BCUT2D eigenvalue weighted by Crippen LogP contribution is 2.30. The van der Waals surface area contributed by atoms with Gasteiger partial charge in [-0.3, -0.25) is 4.79 Å². The Bertz CT molecular complexity index is 548. The zero-order chi connectivity index (χ0) is 15.7. The van der Waals surface area contributed by atoms with Crippen LogP contribution in [0.15, 0.2) is 22.7 Å². The zero-order valence-corrected chi connectivity index (χ0v) is 13.5. The summed E-state index contributed by atoms with van der Waals surface area (Å²) in [6.07, 6.45) is 0. The number of carboxylic acid groups (broad SMARTS) is 1. The summed E-state index contributed by atoms with van der Waals surface area (Å²) in [4.78, 5) is 23.3. The lowest BCUT2D eigenvalue weighted by atomic mass is 9.74. The van der Waals surface area contributed by atoms with E-state index in [9.17, 15) is 9.59 Å². The molecule has 0 saturated carbocycles. The van der Waals surface area contributed by atoms with Gasteiger partial charge in [0.15, 0.2) is 0 Å². The molecule has 0 aromatic heterocycles. The van der Waals surface area contributed by atoms with E-state index >= 15 is 0 Å². The second-order valence-electron chi connectivity index (χ2n) is 5.83. The van der Waals surface area contributed by atoms with Crippen LogP contribution in [0.2, 0.25) is 0 Å². The standard InChI is InChI=1S/C14H19BrN2O3/c1-13(2,14(3,4)16)12(20)17-10-6-8(11(18)19)5-9(15)7-10/h5-7H,16H2,1-4H3,(H,17,20)(H,18,19). The molecule has 1 aromatic carbocycles. The Balaban J connectivity index is 3.05. The van der Waals surface area contributed by atoms with Gasteiger partial charge in [0.05, 0.1) is 11.0 Å². The molecule has 0 radical (unpaired) electrons. The smallest absolute Gasteiger partial charge is 0.335 e. The minimum absolute atomic E-state index is 0.0967. The van der Waals surface area contributed by atoms with Gasteiger partial charge in [-0.2, -0.15) is 0 Å². The third kappa shape index (κ3) is 3.58. The molecule has 0 saturated heterocycles. The maximum absolute atomic E-state index is 12.3. The normalized spacial score (nSPS) is 12.1. The van der Waals surface area contributed by atoms with Gasteiger partial charge in [-0.05, 0) is 45.9 Å². The van der Waals surface area contributed by atoms with Crippen molar-refractivity contribution in [3.05, 3.63) is 28.2 Å². The highest BCUT2D eigenvalue weighted by Gasteiger charge is 2.40. The molecule has 0 aliphatic carbocycles. The molecule has 0 aliphatic heterocycles. The number of nitrogens with one attached hydrogen (secondary N) is 1. The Morgan fingerprint density at radius 3 is 2.20 bits per heavy atom. The van der Waals surface area contributed by atoms with E-state index in [0.717, 1.165) is 0 Å². The molecule has 1 rings (SSSR count). The molecule has 0 spiro atoms. The van der Waals surface area contributed by atoms with Crippen LogP contribution in [0.1, 0.15) is 38.1 Å². The van der Waals surface area contributed by atoms with Gasteiger partial charge in [0, 0.05) is 15.7 Å². The topological polar surface area (TPSA) is 92.4 Å². The summed E-state index contributed by atoms with van der Waals surface area (Å²) in [5.74, 6) is -1.32. The third-order valence-electron chi connectivity index (χ3n) is 3.58. The summed E-state index contributed by atoms with van der Waals surface area (Å²) in [6.45, 7) is 7.04. The van der Waals surface area contributed by atoms with Crippen molar-refractivity contribution >= 4 is 33.5 Å². The van der Waals surface area contributed by atoms with Crippen molar-refractivity contribution in [1.82, 2.24) is 0 Å². The number of rotatable bonds is 4. The van der Waals surface area contributed by atoms with Gasteiger partial charge >= 0.3 is 5.97 Å². The van der Waals surface area contributed by atoms with Crippen LogP contribution in [0.4, 0.5) is 5.69 Å². The molecular formula is C14H19BrN2O3. The average molecular weight is 343 g/mol. The van der Waals surface area contributed by atoms with Crippen LogP contribution in [0.5, 0.6) is 0 Å². The number of amides is 1. The quantitative estimate of drug-likeness (QED) is 0.784. The van der Waals surface area contributed by atoms with Crippen molar-refractivity contribution in [3.8, 4) is 0 Å². The van der Waals surface area contributed by atoms with Gasteiger partial charge in [-0.25, -0.2) is 4.79 Å². The molecule has 0 atom stereocenters. The average Bonchev–Trinajstić information content (AvgIpc) is 2.26. The molecule has 1 aromatic rings. The van der Waals surface area contributed by atoms with E-state index in [0.29, 0.717) is 10.2 Å². The van der Waals surface area contributed by atoms with Crippen LogP contribution < -0.4 is 11.1 Å². The number of carbonyl (C=O) groups is 2. The number of nitrogens with two attached hydrogens (primary N) is 1. The lowest BCUT2D eigenvalue weighted by Gasteiger charge is -2.36. The van der Waals surface area contributed by atoms with Crippen LogP contribution in [0, 0.1) is 5.41 Å². The minimum atomic E-state index is -1.06. The number of benzene rings is 1. The number of aromatic carboxylic acids is 1. The molecular weight excluding hydrogens is 324 g/mol. The number of halogens is 1. The summed E-state index contributed by atoms with van der Waals surface area (Å²) in [5.41, 5.74) is 5.01. The van der Waals surface area contributed by atoms with Gasteiger partial charge in [0.2, 0.25) is 5.91 Å². The Hall–Kier alpha value is -1.40. The van der Waals surface area contributed by atoms with Crippen molar-refractivity contribution in [2.45, 2.75) is 33.2 Å². The molecule has 0 bridgehead atoms. The molecule has 0 heterocycles. The van der Waals surface area contributed by atoms with E-state index in [1.54, 1.807) is 33.8 Å². The summed E-state index contributed by atoms with van der Waals surface area (Å²) in [7, 11) is 0. The van der Waals surface area contributed by atoms with Crippen LogP contribution in [0.3, 0.4) is 0 Å². The second kappa shape index (κ2) is 5.54. The lowest BCUT2D eigenvalue weighted by Crippen LogP contribution is -2.53. The molecule has 0 aliphatic rings. The number of carboxylic acids is 1. The van der Waals surface area contributed by atoms with E-state index in [1.807, 2.05) is 0 Å². The third-order valence-corrected chi connectivity index (χ3v) is 4.04. The Morgan fingerprint density at radius 1 is 1.20 bits per heavy atom. The maximum atomic E-state index is 12.3. The maximum Gasteiger partial charge on any atom is 0.335 e. The predicted molar refractivity (Wildman–Crippen MR) is 81.8 cm³/mol. The van der Waals surface area contributed by atoms with Crippen molar-refractivity contribution in [2.75, 3.05) is 5.32 Å². The Kier molecular flexibility index (Phi) is 4.61. The fourth-order valence-corrected chi connectivity index (χ4v) is 1.86. The fraction of sp³-hybridized carbons (Fsp3) is 0.429. The van der Waals surface area contributed by atoms with Gasteiger partial charge in [-0.15, -0.1) is 0 Å². The molecule has 4 N–H and O–H groups in total. The van der Waals surface area contributed by atoms with E-state index in [-0.39, 0.29) is 11.5 Å². The molecule has 1 amide bonds. The first-order chi connectivity index (χ1) is 8.95. The summed E-state index contributed by atoms with van der Waals surface area (Å²) in [6, 6.07) is 4.52. The Morgan fingerprint density at radius 2 is 1.75 bits per heavy atom. The first kappa shape index (κ1) is 16.7. The van der Waals surface area contributed by atoms with E-state index in [1.165, 1.54) is 12.1 Å². The van der Waals surface area contributed by atoms with Crippen molar-refractivity contribution in [1.29, 1.82) is 0 Å². The van der Waals surface area contributed by atoms with Crippen LogP contribution in [-0.2, 0) is 4.79 Å². The summed E-state index contributed by atoms with van der Waals surface area (Å²) >= 11 is 3.22. The largest absolute Gasteiger partial charge is 0.478 e. The minimum Gasteiger partial charge on any atom is -0.478 e. The number of anilines is 1. The monoisotopic (exact) mass is 342 g/mol. The summed E-state index contributed by atoms with van der Waals surface area (Å²) < 4.78 is 0.581. The molecule has 5 nitrogen and oxygen atoms in total. The van der Waals surface area contributed by atoms with Gasteiger partial charge < -0.3 is 16.2 Å². The first-order valence-corrected chi connectivity index (χ1v) is 6.88. The number of hydrogen-bond donors (Lipinski definition) is 3. The highest BCUT2D eigenvalue weighted by atomic mass is 79.9. The van der Waals surface area contributed by atoms with E-state index in [2.05, 4.69) is 21.2 Å². The zero-order valence-electron chi connectivity index (χ0n) is 12.0. The van der Waals surface area contributed by atoms with Gasteiger partial charge in [0.25, 0.3) is 0 Å². The van der Waals surface area contributed by atoms with Crippen LogP contribution in [0.25, 0.3) is 0 Å². The number of carbonyl (C=O) groups excluding carboxylic acids is 1. The second-order valence-corrected chi connectivity index (χ2v) is 6.75. The predicted octanol–water partition coefficient (Wildman–Crippen LogP) is 2.85. The molecule has 0 fully saturated rings. The summed E-state index contributed by atoms with van der Waals surface area (Å²) in [5, 5.41) is 11.7. The molecule has 6 heteroatoms. The fourth-order valence-electron chi connectivity index (χ4n) is 1.37. The van der Waals surface area contributed by atoms with Crippen molar-refractivity contribution < 1.29 is 14.7 Å². The highest BCUT2D eigenvalue weighted by molar-refractivity contribution is 9.10. The molecule has 20 heavy (non-hydrogen) atoms.